The van der Waals surface area contributed by atoms with Crippen LogP contribution in [-0.4, -0.2) is 17.1 Å². The Labute approximate surface area is 135 Å². The van der Waals surface area contributed by atoms with Gasteiger partial charge in [0.2, 0.25) is 5.91 Å². The Morgan fingerprint density at radius 3 is 2.45 bits per heavy atom. The summed E-state index contributed by atoms with van der Waals surface area (Å²) in [5.41, 5.74) is 1.10. The van der Waals surface area contributed by atoms with Gasteiger partial charge in [0.1, 0.15) is 0 Å². The lowest BCUT2D eigenvalue weighted by atomic mass is 10.0. The third kappa shape index (κ3) is 9.56. The molecule has 1 atom stereocenters. The number of nitrogens with one attached hydrogen (secondary N) is 1. The van der Waals surface area contributed by atoms with Gasteiger partial charge in [-0.3, -0.25) is 4.79 Å². The molecule has 2 N–H and O–H groups in total. The van der Waals surface area contributed by atoms with E-state index in [0.717, 1.165) is 18.4 Å². The number of hydrogen-bond donors (Lipinski definition) is 2. The number of unbranched alkanes of at least 4 members (excludes halogenated alkanes) is 5. The zero-order valence-electron chi connectivity index (χ0n) is 13.9. The van der Waals surface area contributed by atoms with E-state index in [-0.39, 0.29) is 12.0 Å². The van der Waals surface area contributed by atoms with E-state index in [9.17, 15) is 9.90 Å². The molecular weight excluding hydrogens is 274 g/mol. The first-order chi connectivity index (χ1) is 10.7. The molecule has 0 heterocycles. The van der Waals surface area contributed by atoms with E-state index in [1.807, 2.05) is 30.3 Å². The number of amides is 1. The molecule has 0 spiro atoms. The van der Waals surface area contributed by atoms with Crippen molar-refractivity contribution in [2.75, 3.05) is 0 Å². The van der Waals surface area contributed by atoms with E-state index < -0.39 is 0 Å². The van der Waals surface area contributed by atoms with Gasteiger partial charge in [-0.2, -0.15) is 0 Å². The number of benzene rings is 1. The third-order valence-electron chi connectivity index (χ3n) is 3.93. The molecule has 0 radical (unpaired) electrons. The van der Waals surface area contributed by atoms with E-state index in [4.69, 9.17) is 0 Å². The monoisotopic (exact) mass is 305 g/mol. The molecule has 124 valence electrons. The first-order valence-electron chi connectivity index (χ1n) is 8.71. The zero-order valence-corrected chi connectivity index (χ0v) is 13.9. The van der Waals surface area contributed by atoms with Crippen molar-refractivity contribution >= 4 is 5.91 Å². The van der Waals surface area contributed by atoms with Crippen molar-refractivity contribution in [3.63, 3.8) is 0 Å². The fraction of sp³-hybridized carbons (Fsp3) is 0.632. The van der Waals surface area contributed by atoms with Gasteiger partial charge in [-0.15, -0.1) is 0 Å². The molecule has 0 aliphatic carbocycles. The van der Waals surface area contributed by atoms with Crippen LogP contribution in [0, 0.1) is 0 Å². The summed E-state index contributed by atoms with van der Waals surface area (Å²) in [4.78, 5) is 11.7. The van der Waals surface area contributed by atoms with Gasteiger partial charge < -0.3 is 10.4 Å². The first-order valence-corrected chi connectivity index (χ1v) is 8.71. The second-order valence-corrected chi connectivity index (χ2v) is 6.01. The van der Waals surface area contributed by atoms with E-state index in [0.29, 0.717) is 19.4 Å². The van der Waals surface area contributed by atoms with Gasteiger partial charge in [-0.05, 0) is 18.4 Å². The van der Waals surface area contributed by atoms with Crippen molar-refractivity contribution in [1.82, 2.24) is 5.32 Å². The van der Waals surface area contributed by atoms with Gasteiger partial charge in [0, 0.05) is 13.0 Å². The lowest BCUT2D eigenvalue weighted by molar-refractivity contribution is -0.121. The lowest BCUT2D eigenvalue weighted by Gasteiger charge is -2.10. The van der Waals surface area contributed by atoms with Gasteiger partial charge in [0.05, 0.1) is 6.10 Å². The quantitative estimate of drug-likeness (QED) is 0.569. The van der Waals surface area contributed by atoms with E-state index in [1.54, 1.807) is 0 Å². The van der Waals surface area contributed by atoms with E-state index in [2.05, 4.69) is 12.2 Å². The summed E-state index contributed by atoms with van der Waals surface area (Å²) in [5.74, 6) is 0.0193. The molecule has 0 saturated heterocycles. The SMILES string of the molecule is CCCCCCCC[C@H](O)CCC(=O)NCc1ccccc1. The predicted octanol–water partition coefficient (Wildman–Crippen LogP) is 4.19. The molecule has 3 heteroatoms. The second kappa shape index (κ2) is 12.2. The smallest absolute Gasteiger partial charge is 0.220 e. The summed E-state index contributed by atoms with van der Waals surface area (Å²) in [5, 5.41) is 12.8. The number of aliphatic hydroxyl groups is 1. The highest BCUT2D eigenvalue weighted by Gasteiger charge is 2.08. The van der Waals surface area contributed by atoms with Gasteiger partial charge >= 0.3 is 0 Å². The Morgan fingerprint density at radius 1 is 1.05 bits per heavy atom. The minimum absolute atomic E-state index is 0.0193. The Balaban J connectivity index is 2.01. The topological polar surface area (TPSA) is 49.3 Å². The van der Waals surface area contributed by atoms with Crippen LogP contribution in [0.3, 0.4) is 0 Å². The maximum atomic E-state index is 11.7. The fourth-order valence-electron chi connectivity index (χ4n) is 2.49. The van der Waals surface area contributed by atoms with Crippen molar-refractivity contribution in [2.24, 2.45) is 0 Å². The normalized spacial score (nSPS) is 12.1. The minimum atomic E-state index is -0.339. The molecule has 0 unspecified atom stereocenters. The molecule has 1 aromatic rings. The van der Waals surface area contributed by atoms with Gasteiger partial charge in [0.25, 0.3) is 0 Å². The van der Waals surface area contributed by atoms with Crippen LogP contribution in [0.4, 0.5) is 0 Å². The third-order valence-corrected chi connectivity index (χ3v) is 3.93. The molecule has 0 aromatic heterocycles. The molecular formula is C19H31NO2. The molecule has 0 saturated carbocycles. The zero-order chi connectivity index (χ0) is 16.0. The summed E-state index contributed by atoms with van der Waals surface area (Å²) in [6.45, 7) is 2.78. The van der Waals surface area contributed by atoms with Gasteiger partial charge in [-0.1, -0.05) is 75.8 Å². The fourth-order valence-corrected chi connectivity index (χ4v) is 2.49. The molecule has 22 heavy (non-hydrogen) atoms. The number of rotatable bonds is 12. The number of aliphatic hydroxyl groups excluding tert-OH is 1. The largest absolute Gasteiger partial charge is 0.393 e. The Morgan fingerprint density at radius 2 is 1.73 bits per heavy atom. The summed E-state index contributed by atoms with van der Waals surface area (Å²) in [6, 6.07) is 9.88. The van der Waals surface area contributed by atoms with E-state index in [1.165, 1.54) is 32.1 Å². The van der Waals surface area contributed by atoms with Crippen molar-refractivity contribution in [3.8, 4) is 0 Å². The van der Waals surface area contributed by atoms with Crippen LogP contribution in [0.15, 0.2) is 30.3 Å². The van der Waals surface area contributed by atoms with Gasteiger partial charge in [-0.25, -0.2) is 0 Å². The Kier molecular flexibility index (Phi) is 10.4. The maximum Gasteiger partial charge on any atom is 0.220 e. The second-order valence-electron chi connectivity index (χ2n) is 6.01. The van der Waals surface area contributed by atoms with Gasteiger partial charge in [0.15, 0.2) is 0 Å². The summed E-state index contributed by atoms with van der Waals surface area (Å²) in [6.07, 6.45) is 8.84. The Hall–Kier alpha value is -1.35. The average Bonchev–Trinajstić information content (AvgIpc) is 2.55. The van der Waals surface area contributed by atoms with Crippen molar-refractivity contribution in [1.29, 1.82) is 0 Å². The summed E-state index contributed by atoms with van der Waals surface area (Å²) >= 11 is 0. The molecule has 1 rings (SSSR count). The van der Waals surface area contributed by atoms with Crippen molar-refractivity contribution in [3.05, 3.63) is 35.9 Å². The highest BCUT2D eigenvalue weighted by Crippen LogP contribution is 2.11. The molecule has 3 nitrogen and oxygen atoms in total. The summed E-state index contributed by atoms with van der Waals surface area (Å²) in [7, 11) is 0. The van der Waals surface area contributed by atoms with Crippen LogP contribution < -0.4 is 5.32 Å². The number of carbonyl (C=O) groups excluding carboxylic acids is 1. The van der Waals surface area contributed by atoms with Crippen LogP contribution >= 0.6 is 0 Å². The highest BCUT2D eigenvalue weighted by molar-refractivity contribution is 5.75. The molecule has 0 bridgehead atoms. The summed E-state index contributed by atoms with van der Waals surface area (Å²) < 4.78 is 0. The van der Waals surface area contributed by atoms with E-state index >= 15 is 0 Å². The highest BCUT2D eigenvalue weighted by atomic mass is 16.3. The Bertz CT molecular complexity index is 392. The molecule has 0 fully saturated rings. The lowest BCUT2D eigenvalue weighted by Crippen LogP contribution is -2.24. The number of carbonyl (C=O) groups is 1. The minimum Gasteiger partial charge on any atom is -0.393 e. The molecule has 1 aromatic carbocycles. The van der Waals surface area contributed by atoms with Crippen molar-refractivity contribution in [2.45, 2.75) is 77.4 Å². The first kappa shape index (κ1) is 18.7. The van der Waals surface area contributed by atoms with Crippen LogP contribution in [0.5, 0.6) is 0 Å². The van der Waals surface area contributed by atoms with Crippen LogP contribution in [0.25, 0.3) is 0 Å². The predicted molar refractivity (Wildman–Crippen MR) is 91.5 cm³/mol. The van der Waals surface area contributed by atoms with Crippen molar-refractivity contribution < 1.29 is 9.90 Å². The number of hydrogen-bond acceptors (Lipinski definition) is 2. The maximum absolute atomic E-state index is 11.7. The molecule has 0 aliphatic heterocycles. The van der Waals surface area contributed by atoms with Crippen LogP contribution in [0.1, 0.15) is 70.3 Å². The van der Waals surface area contributed by atoms with Crippen LogP contribution in [-0.2, 0) is 11.3 Å². The molecule has 1 amide bonds. The molecule has 0 aliphatic rings. The average molecular weight is 305 g/mol. The standard InChI is InChI=1S/C19H31NO2/c1-2-3-4-5-6-10-13-18(21)14-15-19(22)20-16-17-11-8-7-9-12-17/h7-9,11-12,18,21H,2-6,10,13-16H2,1H3,(H,20,22)/t18-/m0/s1. The van der Waals surface area contributed by atoms with Crippen LogP contribution in [0.2, 0.25) is 0 Å².